The predicted molar refractivity (Wildman–Crippen MR) is 110 cm³/mol. The SMILES string of the molecule is CN1CCN(c2ccc(NC(=O)NCCCOc3ccccc3)cc2)CC1. The molecule has 3 rings (SSSR count). The first kappa shape index (κ1) is 19.0. The molecule has 0 spiro atoms. The zero-order valence-electron chi connectivity index (χ0n) is 15.9. The first-order chi connectivity index (χ1) is 13.2. The minimum absolute atomic E-state index is 0.193. The lowest BCUT2D eigenvalue weighted by Gasteiger charge is -2.34. The number of likely N-dealkylation sites (N-methyl/N-ethyl adjacent to an activating group) is 1. The molecule has 0 atom stereocenters. The number of piperazine rings is 1. The Morgan fingerprint density at radius 3 is 2.41 bits per heavy atom. The highest BCUT2D eigenvalue weighted by Gasteiger charge is 2.14. The molecule has 0 aromatic heterocycles. The fourth-order valence-electron chi connectivity index (χ4n) is 2.98. The van der Waals surface area contributed by atoms with Crippen molar-refractivity contribution in [2.45, 2.75) is 6.42 Å². The molecule has 1 fully saturated rings. The van der Waals surface area contributed by atoms with Gasteiger partial charge in [-0.2, -0.15) is 0 Å². The summed E-state index contributed by atoms with van der Waals surface area (Å²) in [5.41, 5.74) is 2.00. The van der Waals surface area contributed by atoms with Gasteiger partial charge in [0.1, 0.15) is 5.75 Å². The summed E-state index contributed by atoms with van der Waals surface area (Å²) in [6.07, 6.45) is 0.755. The quantitative estimate of drug-likeness (QED) is 0.738. The number of carbonyl (C=O) groups is 1. The number of para-hydroxylation sites is 1. The average Bonchev–Trinajstić information content (AvgIpc) is 2.70. The normalized spacial score (nSPS) is 14.6. The molecule has 0 aliphatic carbocycles. The molecule has 144 valence electrons. The Labute approximate surface area is 161 Å². The van der Waals surface area contributed by atoms with Crippen molar-refractivity contribution in [3.05, 3.63) is 54.6 Å². The lowest BCUT2D eigenvalue weighted by Crippen LogP contribution is -2.44. The number of urea groups is 1. The van der Waals surface area contributed by atoms with Crippen LogP contribution in [0.3, 0.4) is 0 Å². The van der Waals surface area contributed by atoms with Gasteiger partial charge in [0, 0.05) is 44.1 Å². The number of ether oxygens (including phenoxy) is 1. The van der Waals surface area contributed by atoms with Crippen molar-refractivity contribution < 1.29 is 9.53 Å². The third kappa shape index (κ3) is 6.18. The van der Waals surface area contributed by atoms with Crippen LogP contribution in [0.5, 0.6) is 5.75 Å². The van der Waals surface area contributed by atoms with E-state index in [0.29, 0.717) is 13.2 Å². The maximum Gasteiger partial charge on any atom is 0.319 e. The van der Waals surface area contributed by atoms with E-state index in [2.05, 4.69) is 39.6 Å². The monoisotopic (exact) mass is 368 g/mol. The predicted octanol–water partition coefficient (Wildman–Crippen LogP) is 3.03. The second-order valence-electron chi connectivity index (χ2n) is 6.73. The molecular weight excluding hydrogens is 340 g/mol. The molecule has 1 heterocycles. The van der Waals surface area contributed by atoms with Crippen LogP contribution in [0.2, 0.25) is 0 Å². The minimum Gasteiger partial charge on any atom is -0.494 e. The van der Waals surface area contributed by atoms with Gasteiger partial charge in [0.05, 0.1) is 6.61 Å². The Bertz CT molecular complexity index is 698. The van der Waals surface area contributed by atoms with Gasteiger partial charge in [0.25, 0.3) is 0 Å². The molecule has 27 heavy (non-hydrogen) atoms. The summed E-state index contributed by atoms with van der Waals surface area (Å²) >= 11 is 0. The molecule has 6 nitrogen and oxygen atoms in total. The van der Waals surface area contributed by atoms with Crippen molar-refractivity contribution in [3.8, 4) is 5.75 Å². The van der Waals surface area contributed by atoms with Gasteiger partial charge in [0.15, 0.2) is 0 Å². The molecule has 0 saturated carbocycles. The zero-order valence-corrected chi connectivity index (χ0v) is 15.9. The maximum atomic E-state index is 12.0. The first-order valence-corrected chi connectivity index (χ1v) is 9.47. The fraction of sp³-hybridized carbons (Fsp3) is 0.381. The average molecular weight is 368 g/mol. The number of amides is 2. The van der Waals surface area contributed by atoms with Crippen LogP contribution >= 0.6 is 0 Å². The highest BCUT2D eigenvalue weighted by atomic mass is 16.5. The Morgan fingerprint density at radius 2 is 1.70 bits per heavy atom. The van der Waals surface area contributed by atoms with Crippen LogP contribution < -0.4 is 20.3 Å². The minimum atomic E-state index is -0.193. The van der Waals surface area contributed by atoms with Gasteiger partial charge in [-0.25, -0.2) is 4.79 Å². The molecule has 0 unspecified atom stereocenters. The number of hydrogen-bond donors (Lipinski definition) is 2. The number of rotatable bonds is 7. The van der Waals surface area contributed by atoms with E-state index < -0.39 is 0 Å². The Hall–Kier alpha value is -2.73. The van der Waals surface area contributed by atoms with E-state index in [1.165, 1.54) is 5.69 Å². The molecule has 0 bridgehead atoms. The Balaban J connectivity index is 1.34. The van der Waals surface area contributed by atoms with Gasteiger partial charge in [0.2, 0.25) is 0 Å². The molecule has 1 aliphatic heterocycles. The van der Waals surface area contributed by atoms with Crippen molar-refractivity contribution >= 4 is 17.4 Å². The van der Waals surface area contributed by atoms with Gasteiger partial charge >= 0.3 is 6.03 Å². The van der Waals surface area contributed by atoms with Crippen LogP contribution in [0.1, 0.15) is 6.42 Å². The Morgan fingerprint density at radius 1 is 1.00 bits per heavy atom. The van der Waals surface area contributed by atoms with Crippen LogP contribution in [0.25, 0.3) is 0 Å². The summed E-state index contributed by atoms with van der Waals surface area (Å²) in [5.74, 6) is 0.849. The third-order valence-corrected chi connectivity index (χ3v) is 4.61. The summed E-state index contributed by atoms with van der Waals surface area (Å²) in [4.78, 5) is 16.7. The summed E-state index contributed by atoms with van der Waals surface area (Å²) in [5, 5.41) is 5.72. The number of hydrogen-bond acceptors (Lipinski definition) is 4. The highest BCUT2D eigenvalue weighted by molar-refractivity contribution is 5.89. The number of nitrogens with one attached hydrogen (secondary N) is 2. The van der Waals surface area contributed by atoms with Crippen molar-refractivity contribution in [2.75, 3.05) is 56.6 Å². The van der Waals surface area contributed by atoms with E-state index in [0.717, 1.165) is 44.0 Å². The molecule has 2 N–H and O–H groups in total. The summed E-state index contributed by atoms with van der Waals surface area (Å²) in [7, 11) is 2.15. The number of anilines is 2. The van der Waals surface area contributed by atoms with Crippen LogP contribution in [0.15, 0.2) is 54.6 Å². The molecular formula is C21H28N4O2. The smallest absolute Gasteiger partial charge is 0.319 e. The largest absolute Gasteiger partial charge is 0.494 e. The lowest BCUT2D eigenvalue weighted by atomic mass is 10.2. The molecule has 6 heteroatoms. The number of carbonyl (C=O) groups excluding carboxylic acids is 1. The van der Waals surface area contributed by atoms with Gasteiger partial charge in [-0.05, 0) is 49.9 Å². The van der Waals surface area contributed by atoms with Crippen molar-refractivity contribution in [1.29, 1.82) is 0 Å². The van der Waals surface area contributed by atoms with Crippen LogP contribution in [-0.2, 0) is 0 Å². The lowest BCUT2D eigenvalue weighted by molar-refractivity contribution is 0.250. The van der Waals surface area contributed by atoms with Gasteiger partial charge < -0.3 is 25.2 Å². The topological polar surface area (TPSA) is 56.8 Å². The second kappa shape index (κ2) is 9.83. The highest BCUT2D eigenvalue weighted by Crippen LogP contribution is 2.19. The maximum absolute atomic E-state index is 12.0. The first-order valence-electron chi connectivity index (χ1n) is 9.47. The molecule has 2 aromatic carbocycles. The third-order valence-electron chi connectivity index (χ3n) is 4.61. The van der Waals surface area contributed by atoms with Gasteiger partial charge in [-0.3, -0.25) is 0 Å². The molecule has 1 saturated heterocycles. The number of nitrogens with zero attached hydrogens (tertiary/aromatic N) is 2. The molecule has 0 radical (unpaired) electrons. The van der Waals surface area contributed by atoms with Crippen molar-refractivity contribution in [2.24, 2.45) is 0 Å². The summed E-state index contributed by atoms with van der Waals surface area (Å²) < 4.78 is 5.60. The second-order valence-corrected chi connectivity index (χ2v) is 6.73. The summed E-state index contributed by atoms with van der Waals surface area (Å²) in [6.45, 7) is 5.37. The standard InChI is InChI=1S/C21H28N4O2/c1-24-13-15-25(16-14-24)19-10-8-18(9-11-19)23-21(26)22-12-5-17-27-20-6-3-2-4-7-20/h2-4,6-11H,5,12-17H2,1H3,(H2,22,23,26). The molecule has 1 aliphatic rings. The van der Waals surface area contributed by atoms with Crippen molar-refractivity contribution in [3.63, 3.8) is 0 Å². The van der Waals surface area contributed by atoms with E-state index in [1.807, 2.05) is 42.5 Å². The van der Waals surface area contributed by atoms with Crippen LogP contribution in [0.4, 0.5) is 16.2 Å². The van der Waals surface area contributed by atoms with E-state index in [1.54, 1.807) is 0 Å². The fourth-order valence-corrected chi connectivity index (χ4v) is 2.98. The summed E-state index contributed by atoms with van der Waals surface area (Å²) in [6, 6.07) is 17.5. The van der Waals surface area contributed by atoms with Gasteiger partial charge in [-0.1, -0.05) is 18.2 Å². The zero-order chi connectivity index (χ0) is 18.9. The van der Waals surface area contributed by atoms with E-state index in [9.17, 15) is 4.79 Å². The van der Waals surface area contributed by atoms with Crippen LogP contribution in [-0.4, -0.2) is 57.3 Å². The Kier molecular flexibility index (Phi) is 6.93. The van der Waals surface area contributed by atoms with E-state index >= 15 is 0 Å². The van der Waals surface area contributed by atoms with Crippen LogP contribution in [0, 0.1) is 0 Å². The molecule has 2 amide bonds. The van der Waals surface area contributed by atoms with Crippen molar-refractivity contribution in [1.82, 2.24) is 10.2 Å². The van der Waals surface area contributed by atoms with E-state index in [4.69, 9.17) is 4.74 Å². The van der Waals surface area contributed by atoms with Gasteiger partial charge in [-0.15, -0.1) is 0 Å². The number of benzene rings is 2. The molecule has 2 aromatic rings. The van der Waals surface area contributed by atoms with E-state index in [-0.39, 0.29) is 6.03 Å².